The lowest BCUT2D eigenvalue weighted by Crippen LogP contribution is -2.51. The lowest BCUT2D eigenvalue weighted by molar-refractivity contribution is -0.143. The molecule has 0 saturated carbocycles. The number of nitrogens with one attached hydrogen (secondary N) is 2. The van der Waals surface area contributed by atoms with Crippen molar-refractivity contribution < 1.29 is 19.5 Å². The van der Waals surface area contributed by atoms with Gasteiger partial charge in [0.2, 0.25) is 17.7 Å². The van der Waals surface area contributed by atoms with Gasteiger partial charge in [0.25, 0.3) is 0 Å². The Morgan fingerprint density at radius 1 is 1.16 bits per heavy atom. The zero-order valence-corrected chi connectivity index (χ0v) is 18.5. The molecule has 0 spiro atoms. The predicted molar refractivity (Wildman–Crippen MR) is 118 cm³/mol. The highest BCUT2D eigenvalue weighted by molar-refractivity contribution is 5.97. The van der Waals surface area contributed by atoms with Gasteiger partial charge in [-0.25, -0.2) is 0 Å². The number of likely N-dealkylation sites (tertiary alicyclic amines) is 1. The maximum absolute atomic E-state index is 13.5. The minimum Gasteiger partial charge on any atom is -0.394 e. The van der Waals surface area contributed by atoms with Crippen LogP contribution in [0, 0.1) is 23.7 Å². The number of benzene rings is 1. The van der Waals surface area contributed by atoms with Gasteiger partial charge in [-0.2, -0.15) is 0 Å². The Kier molecular flexibility index (Phi) is 7.49. The molecule has 1 aromatic carbocycles. The van der Waals surface area contributed by atoms with Crippen LogP contribution in [0.5, 0.6) is 0 Å². The van der Waals surface area contributed by atoms with E-state index in [1.807, 2.05) is 42.5 Å². The Morgan fingerprint density at radius 3 is 2.48 bits per heavy atom. The molecule has 0 aromatic heterocycles. The van der Waals surface area contributed by atoms with E-state index in [9.17, 15) is 19.5 Å². The Bertz CT molecular complexity index is 825. The van der Waals surface area contributed by atoms with E-state index in [1.54, 1.807) is 14.0 Å². The monoisotopic (exact) mass is 427 g/mol. The molecule has 7 heteroatoms. The second-order valence-corrected chi connectivity index (χ2v) is 8.51. The Balaban J connectivity index is 1.93. The molecule has 0 unspecified atom stereocenters. The van der Waals surface area contributed by atoms with Crippen molar-refractivity contribution in [2.75, 3.05) is 13.7 Å². The van der Waals surface area contributed by atoms with Gasteiger partial charge in [0.15, 0.2) is 0 Å². The van der Waals surface area contributed by atoms with E-state index in [0.29, 0.717) is 6.54 Å². The van der Waals surface area contributed by atoms with Crippen molar-refractivity contribution in [3.8, 4) is 0 Å². The number of rotatable bonds is 8. The van der Waals surface area contributed by atoms with Gasteiger partial charge in [0.1, 0.15) is 6.04 Å². The fraction of sp³-hybridized carbons (Fsp3) is 0.542. The van der Waals surface area contributed by atoms with E-state index in [4.69, 9.17) is 0 Å². The van der Waals surface area contributed by atoms with Crippen molar-refractivity contribution in [2.45, 2.75) is 45.3 Å². The molecule has 1 fully saturated rings. The van der Waals surface area contributed by atoms with E-state index in [0.717, 1.165) is 18.4 Å². The summed E-state index contributed by atoms with van der Waals surface area (Å²) in [6, 6.07) is 8.30. The van der Waals surface area contributed by atoms with Crippen LogP contribution in [0.2, 0.25) is 0 Å². The summed E-state index contributed by atoms with van der Waals surface area (Å²) in [4.78, 5) is 41.1. The third kappa shape index (κ3) is 4.51. The molecule has 1 heterocycles. The first-order valence-corrected chi connectivity index (χ1v) is 11.1. The van der Waals surface area contributed by atoms with Crippen molar-refractivity contribution >= 4 is 17.7 Å². The van der Waals surface area contributed by atoms with Crippen LogP contribution < -0.4 is 10.6 Å². The van der Waals surface area contributed by atoms with Crippen molar-refractivity contribution in [1.82, 2.24) is 15.5 Å². The summed E-state index contributed by atoms with van der Waals surface area (Å²) in [5.41, 5.74) is 0.962. The molecule has 3 N–H and O–H groups in total. The molecule has 1 aliphatic carbocycles. The van der Waals surface area contributed by atoms with E-state index in [-0.39, 0.29) is 30.2 Å². The van der Waals surface area contributed by atoms with Gasteiger partial charge in [-0.05, 0) is 24.8 Å². The van der Waals surface area contributed by atoms with Gasteiger partial charge in [0.05, 0.1) is 24.5 Å². The van der Waals surface area contributed by atoms with Crippen molar-refractivity contribution in [3.63, 3.8) is 0 Å². The number of nitrogens with zero attached hydrogens (tertiary/aromatic N) is 1. The molecule has 2 aliphatic rings. The summed E-state index contributed by atoms with van der Waals surface area (Å²) < 4.78 is 0. The molecule has 0 bridgehead atoms. The van der Waals surface area contributed by atoms with E-state index in [2.05, 4.69) is 17.6 Å². The van der Waals surface area contributed by atoms with Crippen LogP contribution in [0.15, 0.2) is 42.5 Å². The number of hydrogen-bond acceptors (Lipinski definition) is 4. The highest BCUT2D eigenvalue weighted by atomic mass is 16.3. The maximum atomic E-state index is 13.5. The zero-order valence-electron chi connectivity index (χ0n) is 18.5. The molecule has 6 atom stereocenters. The average Bonchev–Trinajstić information content (AvgIpc) is 3.09. The number of amides is 3. The topological polar surface area (TPSA) is 98.7 Å². The third-order valence-electron chi connectivity index (χ3n) is 6.54. The van der Waals surface area contributed by atoms with Crippen LogP contribution in [0.4, 0.5) is 0 Å². The number of allylic oxidation sites excluding steroid dienone is 1. The summed E-state index contributed by atoms with van der Waals surface area (Å²) in [7, 11) is 1.58. The lowest BCUT2D eigenvalue weighted by atomic mass is 9.68. The van der Waals surface area contributed by atoms with E-state index >= 15 is 0 Å². The molecule has 168 valence electrons. The molecule has 7 nitrogen and oxygen atoms in total. The molecular weight excluding hydrogens is 394 g/mol. The maximum Gasteiger partial charge on any atom is 0.243 e. The quantitative estimate of drug-likeness (QED) is 0.547. The average molecular weight is 428 g/mol. The Morgan fingerprint density at radius 2 is 1.87 bits per heavy atom. The number of aliphatic hydroxyl groups is 1. The molecule has 0 radical (unpaired) electrons. The summed E-state index contributed by atoms with van der Waals surface area (Å²) >= 11 is 0. The molecule has 1 aliphatic heterocycles. The largest absolute Gasteiger partial charge is 0.394 e. The molecule has 3 amide bonds. The highest BCUT2D eigenvalue weighted by Gasteiger charge is 2.57. The minimum atomic E-state index is -0.755. The molecule has 3 rings (SSSR count). The summed E-state index contributed by atoms with van der Waals surface area (Å²) in [5.74, 6) is -2.26. The second-order valence-electron chi connectivity index (χ2n) is 8.51. The first-order valence-electron chi connectivity index (χ1n) is 11.1. The van der Waals surface area contributed by atoms with Crippen molar-refractivity contribution in [3.05, 3.63) is 48.0 Å². The van der Waals surface area contributed by atoms with Crippen LogP contribution in [0.25, 0.3) is 0 Å². The van der Waals surface area contributed by atoms with E-state index in [1.165, 1.54) is 4.90 Å². The van der Waals surface area contributed by atoms with Gasteiger partial charge in [-0.15, -0.1) is 0 Å². The second kappa shape index (κ2) is 10.1. The van der Waals surface area contributed by atoms with Gasteiger partial charge < -0.3 is 20.6 Å². The van der Waals surface area contributed by atoms with E-state index < -0.39 is 29.8 Å². The number of carbonyl (C=O) groups is 3. The molecule has 1 aromatic rings. The highest BCUT2D eigenvalue weighted by Crippen LogP contribution is 2.45. The van der Waals surface area contributed by atoms with Crippen molar-refractivity contribution in [2.24, 2.45) is 23.7 Å². The van der Waals surface area contributed by atoms with Crippen LogP contribution in [0.3, 0.4) is 0 Å². The minimum absolute atomic E-state index is 0.0486. The standard InChI is InChI=1S/C24H33N3O4/c1-4-8-17-11-12-18-20(19(17)22(29)25-3)24(31)27(15(2)14-28)21(18)23(30)26-13-16-9-6-5-7-10-16/h5-7,9-12,15,17-21,28H,4,8,13-14H2,1-3H3,(H,25,29)(H,26,30)/t15-,17-,18+,19-,20-,21+/m1/s1. The number of aliphatic hydroxyl groups excluding tert-OH is 1. The fourth-order valence-corrected chi connectivity index (χ4v) is 5.03. The molecule has 1 saturated heterocycles. The molecular formula is C24H33N3O4. The number of carbonyl (C=O) groups excluding carboxylic acids is 3. The van der Waals surface area contributed by atoms with Gasteiger partial charge in [0, 0.05) is 19.5 Å². The van der Waals surface area contributed by atoms with Crippen LogP contribution in [0.1, 0.15) is 32.3 Å². The Hall–Kier alpha value is -2.67. The predicted octanol–water partition coefficient (Wildman–Crippen LogP) is 1.48. The first kappa shape index (κ1) is 23.0. The smallest absolute Gasteiger partial charge is 0.243 e. The van der Waals surface area contributed by atoms with Crippen LogP contribution in [-0.4, -0.2) is 53.5 Å². The summed E-state index contributed by atoms with van der Waals surface area (Å²) in [6.45, 7) is 3.89. The van der Waals surface area contributed by atoms with Gasteiger partial charge in [-0.3, -0.25) is 14.4 Å². The van der Waals surface area contributed by atoms with Crippen LogP contribution >= 0.6 is 0 Å². The Labute approximate surface area is 183 Å². The summed E-state index contributed by atoms with van der Waals surface area (Å²) in [6.07, 6.45) is 5.64. The third-order valence-corrected chi connectivity index (χ3v) is 6.54. The lowest BCUT2D eigenvalue weighted by Gasteiger charge is -2.34. The zero-order chi connectivity index (χ0) is 22.5. The molecule has 31 heavy (non-hydrogen) atoms. The van der Waals surface area contributed by atoms with Gasteiger partial charge in [-0.1, -0.05) is 55.8 Å². The normalized spacial score (nSPS) is 28.2. The van der Waals surface area contributed by atoms with Gasteiger partial charge >= 0.3 is 0 Å². The summed E-state index contributed by atoms with van der Waals surface area (Å²) in [5, 5.41) is 15.4. The van der Waals surface area contributed by atoms with Crippen LogP contribution in [-0.2, 0) is 20.9 Å². The number of fused-ring (bicyclic) bond motifs is 1. The SMILES string of the molecule is CCC[C@@H]1C=C[C@H]2[C@@H](C(=O)N([C@H](C)CO)[C@@H]2C(=O)NCc2ccccc2)[C@@H]1C(=O)NC. The number of hydrogen-bond donors (Lipinski definition) is 3. The first-order chi connectivity index (χ1) is 14.9. The fourth-order valence-electron chi connectivity index (χ4n) is 5.03. The van der Waals surface area contributed by atoms with Crippen molar-refractivity contribution in [1.29, 1.82) is 0 Å².